The fourth-order valence-electron chi connectivity index (χ4n) is 4.25. The molecular formula is C24H27F3N2O5. The number of fused-ring (bicyclic) bond motifs is 2. The molecule has 7 nitrogen and oxygen atoms in total. The lowest BCUT2D eigenvalue weighted by molar-refractivity contribution is -0.192. The number of methoxy groups -OCH3 is 1. The van der Waals surface area contributed by atoms with Crippen molar-refractivity contribution in [2.24, 2.45) is 5.92 Å². The number of halogens is 3. The highest BCUT2D eigenvalue weighted by Crippen LogP contribution is 2.48. The number of amides is 1. The van der Waals surface area contributed by atoms with Crippen molar-refractivity contribution < 1.29 is 37.3 Å². The summed E-state index contributed by atoms with van der Waals surface area (Å²) in [6.45, 7) is 6.18. The summed E-state index contributed by atoms with van der Waals surface area (Å²) in [5.74, 6) is -1.98. The minimum absolute atomic E-state index is 0.00867. The highest BCUT2D eigenvalue weighted by molar-refractivity contribution is 5.98. The number of hydrogen-bond acceptors (Lipinski definition) is 5. The zero-order valence-corrected chi connectivity index (χ0v) is 19.2. The van der Waals surface area contributed by atoms with Crippen LogP contribution in [-0.4, -0.2) is 55.0 Å². The highest BCUT2D eigenvalue weighted by Gasteiger charge is 2.46. The van der Waals surface area contributed by atoms with Crippen molar-refractivity contribution >= 4 is 17.6 Å². The van der Waals surface area contributed by atoms with Crippen molar-refractivity contribution in [1.82, 2.24) is 4.98 Å². The number of nitrogens with zero attached hydrogens (tertiary/aromatic N) is 2. The maximum Gasteiger partial charge on any atom is 0.490 e. The van der Waals surface area contributed by atoms with Crippen LogP contribution >= 0.6 is 0 Å². The number of carboxylic acids is 1. The summed E-state index contributed by atoms with van der Waals surface area (Å²) in [6.07, 6.45) is -1.42. The number of carboxylic acid groups (broad SMARTS) is 1. The lowest BCUT2D eigenvalue weighted by atomic mass is 9.75. The Morgan fingerprint density at radius 3 is 2.32 bits per heavy atom. The zero-order valence-electron chi connectivity index (χ0n) is 19.2. The molecular weight excluding hydrogens is 453 g/mol. The van der Waals surface area contributed by atoms with Gasteiger partial charge in [-0.05, 0) is 47.7 Å². The van der Waals surface area contributed by atoms with Crippen LogP contribution < -0.4 is 9.64 Å². The lowest BCUT2D eigenvalue weighted by Crippen LogP contribution is -2.41. The Hall–Kier alpha value is -3.14. The second kappa shape index (κ2) is 10.0. The molecule has 0 aliphatic carbocycles. The number of anilines is 1. The van der Waals surface area contributed by atoms with Crippen LogP contribution in [0.5, 0.6) is 5.88 Å². The molecule has 1 saturated heterocycles. The average molecular weight is 480 g/mol. The number of benzene rings is 1. The van der Waals surface area contributed by atoms with Gasteiger partial charge in [0, 0.05) is 49.0 Å². The van der Waals surface area contributed by atoms with E-state index in [1.807, 2.05) is 30.9 Å². The molecule has 1 N–H and O–H groups in total. The molecule has 2 aliphatic heterocycles. The normalized spacial score (nSPS) is 16.6. The van der Waals surface area contributed by atoms with Crippen molar-refractivity contribution in [3.63, 3.8) is 0 Å². The minimum Gasteiger partial charge on any atom is -0.481 e. The Morgan fingerprint density at radius 1 is 1.15 bits per heavy atom. The molecule has 10 heteroatoms. The standard InChI is InChI=1S/C22H26N2O3.C2HF3O2/c1-15(2)21(25)24-14-22(7-10-27-11-8-22)18-12-16(4-5-19(18)24)17-6-9-23-20(13-17)26-3;3-2(4,5)1(6)7/h4-6,9,12-13,15H,7-8,10-11,14H2,1-3H3;(H,6,7). The van der Waals surface area contributed by atoms with Gasteiger partial charge in [-0.1, -0.05) is 19.9 Å². The smallest absolute Gasteiger partial charge is 0.481 e. The Balaban J connectivity index is 0.000000406. The predicted octanol–water partition coefficient (Wildman–Crippen LogP) is 4.44. The quantitative estimate of drug-likeness (QED) is 0.699. The maximum atomic E-state index is 12.8. The van der Waals surface area contributed by atoms with E-state index in [1.54, 1.807) is 13.3 Å². The van der Waals surface area contributed by atoms with Gasteiger partial charge >= 0.3 is 12.1 Å². The summed E-state index contributed by atoms with van der Waals surface area (Å²) >= 11 is 0. The molecule has 2 aliphatic rings. The Labute approximate surface area is 195 Å². The summed E-state index contributed by atoms with van der Waals surface area (Å²) in [5, 5.41) is 7.12. The van der Waals surface area contributed by atoms with Gasteiger partial charge in [-0.3, -0.25) is 4.79 Å². The fraction of sp³-hybridized carbons (Fsp3) is 0.458. The molecule has 0 radical (unpaired) electrons. The maximum absolute atomic E-state index is 12.8. The third-order valence-corrected chi connectivity index (χ3v) is 6.05. The van der Waals surface area contributed by atoms with Gasteiger partial charge in [0.05, 0.1) is 7.11 Å². The Morgan fingerprint density at radius 2 is 1.76 bits per heavy atom. The van der Waals surface area contributed by atoms with Crippen LogP contribution in [0.1, 0.15) is 32.3 Å². The average Bonchev–Trinajstić information content (AvgIpc) is 3.11. The molecule has 1 aromatic carbocycles. The fourth-order valence-corrected chi connectivity index (χ4v) is 4.25. The molecule has 0 bridgehead atoms. The van der Waals surface area contributed by atoms with E-state index in [2.05, 4.69) is 23.2 Å². The lowest BCUT2D eigenvalue weighted by Gasteiger charge is -2.34. The first-order valence-corrected chi connectivity index (χ1v) is 10.8. The van der Waals surface area contributed by atoms with Gasteiger partial charge in [-0.25, -0.2) is 9.78 Å². The van der Waals surface area contributed by atoms with Crippen LogP contribution in [0.2, 0.25) is 0 Å². The SMILES string of the molecule is COc1cc(-c2ccc3c(c2)C2(CCOCC2)CN3C(=O)C(C)C)ccn1.O=C(O)C(F)(F)F. The summed E-state index contributed by atoms with van der Waals surface area (Å²) in [5.41, 5.74) is 4.51. The van der Waals surface area contributed by atoms with Crippen LogP contribution in [0.3, 0.4) is 0 Å². The van der Waals surface area contributed by atoms with E-state index >= 15 is 0 Å². The van der Waals surface area contributed by atoms with E-state index < -0.39 is 12.1 Å². The monoisotopic (exact) mass is 480 g/mol. The zero-order chi connectivity index (χ0) is 25.1. The molecule has 184 valence electrons. The molecule has 0 atom stereocenters. The molecule has 1 fully saturated rings. The van der Waals surface area contributed by atoms with Crippen molar-refractivity contribution in [1.29, 1.82) is 0 Å². The molecule has 1 spiro atoms. The molecule has 4 rings (SSSR count). The van der Waals surface area contributed by atoms with Gasteiger partial charge in [0.1, 0.15) is 0 Å². The third kappa shape index (κ3) is 5.32. The van der Waals surface area contributed by atoms with Crippen molar-refractivity contribution in [3.05, 3.63) is 42.1 Å². The van der Waals surface area contributed by atoms with Crippen molar-refractivity contribution in [2.45, 2.75) is 38.3 Å². The van der Waals surface area contributed by atoms with Gasteiger partial charge in [0.25, 0.3) is 0 Å². The first-order valence-electron chi connectivity index (χ1n) is 10.8. The van der Waals surface area contributed by atoms with E-state index in [4.69, 9.17) is 19.4 Å². The number of pyridine rings is 1. The second-order valence-electron chi connectivity index (χ2n) is 8.59. The van der Waals surface area contributed by atoms with Crippen LogP contribution in [0.15, 0.2) is 36.5 Å². The van der Waals surface area contributed by atoms with E-state index in [0.717, 1.165) is 49.4 Å². The second-order valence-corrected chi connectivity index (χ2v) is 8.59. The van der Waals surface area contributed by atoms with Crippen molar-refractivity contribution in [2.75, 3.05) is 31.8 Å². The Bertz CT molecular complexity index is 1050. The summed E-state index contributed by atoms with van der Waals surface area (Å²) in [4.78, 5) is 27.9. The minimum atomic E-state index is -5.08. The van der Waals surface area contributed by atoms with E-state index in [0.29, 0.717) is 5.88 Å². The molecule has 1 amide bonds. The molecule has 0 unspecified atom stereocenters. The van der Waals surface area contributed by atoms with E-state index in [9.17, 15) is 18.0 Å². The third-order valence-electron chi connectivity index (χ3n) is 6.05. The van der Waals surface area contributed by atoms with Gasteiger partial charge < -0.3 is 19.5 Å². The molecule has 34 heavy (non-hydrogen) atoms. The molecule has 1 aromatic heterocycles. The topological polar surface area (TPSA) is 89.0 Å². The summed E-state index contributed by atoms with van der Waals surface area (Å²) in [7, 11) is 1.63. The number of alkyl halides is 3. The van der Waals surface area contributed by atoms with Gasteiger partial charge in [-0.15, -0.1) is 0 Å². The summed E-state index contributed by atoms with van der Waals surface area (Å²) < 4.78 is 42.6. The van der Waals surface area contributed by atoms with E-state index in [-0.39, 0.29) is 17.2 Å². The summed E-state index contributed by atoms with van der Waals surface area (Å²) in [6, 6.07) is 10.4. The number of aliphatic carboxylic acids is 1. The number of carbonyl (C=O) groups is 2. The first-order chi connectivity index (χ1) is 16.0. The van der Waals surface area contributed by atoms with Crippen LogP contribution in [0.25, 0.3) is 11.1 Å². The number of ether oxygens (including phenoxy) is 2. The van der Waals surface area contributed by atoms with Gasteiger partial charge in [-0.2, -0.15) is 13.2 Å². The first kappa shape index (κ1) is 25.5. The predicted molar refractivity (Wildman–Crippen MR) is 119 cm³/mol. The molecule has 3 heterocycles. The molecule has 2 aromatic rings. The Kier molecular flexibility index (Phi) is 7.50. The van der Waals surface area contributed by atoms with Gasteiger partial charge in [0.15, 0.2) is 0 Å². The van der Waals surface area contributed by atoms with E-state index in [1.165, 1.54) is 5.56 Å². The largest absolute Gasteiger partial charge is 0.490 e. The van der Waals surface area contributed by atoms with Gasteiger partial charge in [0.2, 0.25) is 11.8 Å². The number of aromatic nitrogens is 1. The van der Waals surface area contributed by atoms with Crippen LogP contribution in [0.4, 0.5) is 18.9 Å². The molecule has 0 saturated carbocycles. The van der Waals surface area contributed by atoms with Crippen LogP contribution in [0, 0.1) is 5.92 Å². The van der Waals surface area contributed by atoms with Crippen LogP contribution in [-0.2, 0) is 19.7 Å². The number of carbonyl (C=O) groups excluding carboxylic acids is 1. The number of rotatable bonds is 3. The highest BCUT2D eigenvalue weighted by atomic mass is 19.4. The number of hydrogen-bond donors (Lipinski definition) is 1. The van der Waals surface area contributed by atoms with Crippen molar-refractivity contribution in [3.8, 4) is 17.0 Å².